The summed E-state index contributed by atoms with van der Waals surface area (Å²) in [6.07, 6.45) is 5.62. The number of anilines is 1. The Morgan fingerprint density at radius 2 is 1.89 bits per heavy atom. The van der Waals surface area contributed by atoms with Gasteiger partial charge in [0.15, 0.2) is 9.84 Å². The van der Waals surface area contributed by atoms with Gasteiger partial charge < -0.3 is 5.73 Å². The van der Waals surface area contributed by atoms with E-state index in [-0.39, 0.29) is 5.75 Å². The van der Waals surface area contributed by atoms with E-state index >= 15 is 0 Å². The normalized spacial score (nSPS) is 17.8. The summed E-state index contributed by atoms with van der Waals surface area (Å²) in [5.74, 6) is 0.573. The fraction of sp³-hybridized carbons (Fsp3) is 0.538. The highest BCUT2D eigenvalue weighted by Gasteiger charge is 2.24. The maximum Gasteiger partial charge on any atom is 0.179 e. The van der Waals surface area contributed by atoms with Gasteiger partial charge in [0.05, 0.1) is 10.6 Å². The Balaban J connectivity index is 2.19. The van der Waals surface area contributed by atoms with Crippen molar-refractivity contribution in [2.75, 3.05) is 11.5 Å². The van der Waals surface area contributed by atoms with Gasteiger partial charge in [0.2, 0.25) is 0 Å². The molecule has 0 unspecified atom stereocenters. The molecule has 1 aromatic carbocycles. The first-order valence-electron chi connectivity index (χ1n) is 6.27. The predicted octanol–water partition coefficient (Wildman–Crippen LogP) is 3.39. The average Bonchev–Trinajstić information content (AvgIpc) is 2.29. The first kappa shape index (κ1) is 13.9. The zero-order chi connectivity index (χ0) is 13.2. The third-order valence-corrected chi connectivity index (χ3v) is 6.33. The number of hydrogen-bond acceptors (Lipinski definition) is 3. The molecular weight excluding hydrogens is 314 g/mol. The van der Waals surface area contributed by atoms with Crippen LogP contribution in [0.1, 0.15) is 32.1 Å². The van der Waals surface area contributed by atoms with Gasteiger partial charge in [-0.2, -0.15) is 0 Å². The zero-order valence-electron chi connectivity index (χ0n) is 10.2. The van der Waals surface area contributed by atoms with Crippen LogP contribution in [0.5, 0.6) is 0 Å². The molecule has 3 nitrogen and oxygen atoms in total. The quantitative estimate of drug-likeness (QED) is 0.863. The molecule has 0 radical (unpaired) electrons. The summed E-state index contributed by atoms with van der Waals surface area (Å²) in [4.78, 5) is 0.363. The molecule has 1 aromatic rings. The number of benzene rings is 1. The van der Waals surface area contributed by atoms with Crippen LogP contribution in [0.2, 0.25) is 0 Å². The lowest BCUT2D eigenvalue weighted by atomic mass is 9.91. The third kappa shape index (κ3) is 3.26. The van der Waals surface area contributed by atoms with Crippen LogP contribution < -0.4 is 5.73 Å². The van der Waals surface area contributed by atoms with Gasteiger partial charge in [-0.1, -0.05) is 19.3 Å². The Kier molecular flexibility index (Phi) is 4.33. The van der Waals surface area contributed by atoms with Crippen LogP contribution in [-0.4, -0.2) is 14.2 Å². The standard InChI is InChI=1S/C13H18BrNO2S/c14-12-8-11(15)6-7-13(12)18(16,17)9-10-4-2-1-3-5-10/h6-8,10H,1-5,9,15H2. The van der Waals surface area contributed by atoms with Crippen molar-refractivity contribution < 1.29 is 8.42 Å². The van der Waals surface area contributed by atoms with Crippen molar-refractivity contribution >= 4 is 31.5 Å². The minimum atomic E-state index is -3.21. The molecule has 0 aliphatic heterocycles. The van der Waals surface area contributed by atoms with Crippen LogP contribution >= 0.6 is 15.9 Å². The molecule has 18 heavy (non-hydrogen) atoms. The molecule has 5 heteroatoms. The molecule has 0 atom stereocenters. The van der Waals surface area contributed by atoms with Crippen LogP contribution in [0.15, 0.2) is 27.6 Å². The van der Waals surface area contributed by atoms with Gasteiger partial charge in [0, 0.05) is 10.2 Å². The summed E-state index contributed by atoms with van der Waals surface area (Å²) in [5, 5.41) is 0. The Bertz CT molecular complexity index is 522. The molecule has 2 N–H and O–H groups in total. The van der Waals surface area contributed by atoms with Crippen molar-refractivity contribution in [3.63, 3.8) is 0 Å². The minimum Gasteiger partial charge on any atom is -0.399 e. The van der Waals surface area contributed by atoms with E-state index in [0.717, 1.165) is 25.7 Å². The van der Waals surface area contributed by atoms with Crippen LogP contribution in [-0.2, 0) is 9.84 Å². The number of hydrogen-bond donors (Lipinski definition) is 1. The van der Waals surface area contributed by atoms with E-state index in [1.807, 2.05) is 0 Å². The fourth-order valence-electron chi connectivity index (χ4n) is 2.52. The van der Waals surface area contributed by atoms with E-state index < -0.39 is 9.84 Å². The molecule has 0 spiro atoms. The van der Waals surface area contributed by atoms with Crippen molar-refractivity contribution in [2.24, 2.45) is 5.92 Å². The number of sulfone groups is 1. The Hall–Kier alpha value is -0.550. The lowest BCUT2D eigenvalue weighted by Gasteiger charge is -2.21. The largest absolute Gasteiger partial charge is 0.399 e. The smallest absolute Gasteiger partial charge is 0.179 e. The summed E-state index contributed by atoms with van der Waals surface area (Å²) in [6, 6.07) is 4.88. The SMILES string of the molecule is Nc1ccc(S(=O)(=O)CC2CCCCC2)c(Br)c1. The number of nitrogen functional groups attached to an aromatic ring is 1. The second-order valence-electron chi connectivity index (χ2n) is 4.98. The van der Waals surface area contributed by atoms with Gasteiger partial charge in [-0.15, -0.1) is 0 Å². The van der Waals surface area contributed by atoms with Gasteiger partial charge in [-0.25, -0.2) is 8.42 Å². The van der Waals surface area contributed by atoms with E-state index in [9.17, 15) is 8.42 Å². The molecule has 0 aromatic heterocycles. The number of nitrogens with two attached hydrogens (primary N) is 1. The zero-order valence-corrected chi connectivity index (χ0v) is 12.6. The molecule has 0 heterocycles. The van der Waals surface area contributed by atoms with E-state index in [1.165, 1.54) is 6.42 Å². The molecule has 1 saturated carbocycles. The van der Waals surface area contributed by atoms with Crippen molar-refractivity contribution in [2.45, 2.75) is 37.0 Å². The van der Waals surface area contributed by atoms with Crippen molar-refractivity contribution in [3.05, 3.63) is 22.7 Å². The van der Waals surface area contributed by atoms with E-state index in [0.29, 0.717) is 21.0 Å². The fourth-order valence-corrected chi connectivity index (χ4v) is 5.42. The summed E-state index contributed by atoms with van der Waals surface area (Å²) in [7, 11) is -3.21. The summed E-state index contributed by atoms with van der Waals surface area (Å²) in [5.41, 5.74) is 6.20. The molecule has 1 aliphatic carbocycles. The first-order valence-corrected chi connectivity index (χ1v) is 8.71. The van der Waals surface area contributed by atoms with Crippen molar-refractivity contribution in [3.8, 4) is 0 Å². The second-order valence-corrected chi connectivity index (χ2v) is 7.83. The van der Waals surface area contributed by atoms with E-state index in [4.69, 9.17) is 5.73 Å². The highest BCUT2D eigenvalue weighted by atomic mass is 79.9. The van der Waals surface area contributed by atoms with Crippen molar-refractivity contribution in [1.82, 2.24) is 0 Å². The number of halogens is 1. The Morgan fingerprint density at radius 3 is 2.50 bits per heavy atom. The van der Waals surface area contributed by atoms with E-state index in [2.05, 4.69) is 15.9 Å². The molecule has 100 valence electrons. The molecular formula is C13H18BrNO2S. The highest BCUT2D eigenvalue weighted by Crippen LogP contribution is 2.30. The van der Waals surface area contributed by atoms with Gasteiger partial charge in [0.1, 0.15) is 0 Å². The maximum absolute atomic E-state index is 12.4. The molecule has 1 fully saturated rings. The first-order chi connectivity index (χ1) is 8.49. The van der Waals surface area contributed by atoms with Gasteiger partial charge in [-0.05, 0) is 52.9 Å². The highest BCUT2D eigenvalue weighted by molar-refractivity contribution is 9.10. The van der Waals surface area contributed by atoms with Crippen LogP contribution in [0.3, 0.4) is 0 Å². The monoisotopic (exact) mass is 331 g/mol. The maximum atomic E-state index is 12.4. The van der Waals surface area contributed by atoms with Crippen LogP contribution in [0.4, 0.5) is 5.69 Å². The third-order valence-electron chi connectivity index (χ3n) is 3.47. The van der Waals surface area contributed by atoms with Gasteiger partial charge in [0.25, 0.3) is 0 Å². The number of rotatable bonds is 3. The molecule has 0 saturated heterocycles. The predicted molar refractivity (Wildman–Crippen MR) is 77.2 cm³/mol. The topological polar surface area (TPSA) is 60.2 Å². The summed E-state index contributed by atoms with van der Waals surface area (Å²) in [6.45, 7) is 0. The minimum absolute atomic E-state index is 0.259. The Labute approximate surface area is 117 Å². The molecule has 1 aliphatic rings. The van der Waals surface area contributed by atoms with Crippen molar-refractivity contribution in [1.29, 1.82) is 0 Å². The van der Waals surface area contributed by atoms with Crippen LogP contribution in [0.25, 0.3) is 0 Å². The van der Waals surface area contributed by atoms with Gasteiger partial charge in [-0.3, -0.25) is 0 Å². The Morgan fingerprint density at radius 1 is 1.22 bits per heavy atom. The summed E-state index contributed by atoms with van der Waals surface area (Å²) >= 11 is 3.29. The second kappa shape index (κ2) is 5.61. The average molecular weight is 332 g/mol. The van der Waals surface area contributed by atoms with Crippen LogP contribution in [0, 0.1) is 5.92 Å². The molecule has 0 bridgehead atoms. The molecule has 2 rings (SSSR count). The lowest BCUT2D eigenvalue weighted by Crippen LogP contribution is -2.19. The lowest BCUT2D eigenvalue weighted by molar-refractivity contribution is 0.385. The summed E-state index contributed by atoms with van der Waals surface area (Å²) < 4.78 is 25.3. The van der Waals surface area contributed by atoms with E-state index in [1.54, 1.807) is 18.2 Å². The van der Waals surface area contributed by atoms with Gasteiger partial charge >= 0.3 is 0 Å². The molecule has 0 amide bonds.